The first-order valence-electron chi connectivity index (χ1n) is 9.01. The molecule has 0 radical (unpaired) electrons. The first-order chi connectivity index (χ1) is 12.5. The van der Waals surface area contributed by atoms with Crippen molar-refractivity contribution in [1.82, 2.24) is 24.6 Å². The van der Waals surface area contributed by atoms with Gasteiger partial charge in [-0.3, -0.25) is 9.69 Å². The van der Waals surface area contributed by atoms with E-state index < -0.39 is 5.60 Å². The summed E-state index contributed by atoms with van der Waals surface area (Å²) in [7, 11) is 3.59. The van der Waals surface area contributed by atoms with Gasteiger partial charge in [-0.25, -0.2) is 0 Å². The van der Waals surface area contributed by atoms with Crippen molar-refractivity contribution in [2.75, 3.05) is 20.1 Å². The summed E-state index contributed by atoms with van der Waals surface area (Å²) in [6.45, 7) is 2.65. The van der Waals surface area contributed by atoms with Gasteiger partial charge in [0.05, 0.1) is 18.6 Å². The number of hydrogen-bond donors (Lipinski definition) is 1. The Labute approximate surface area is 154 Å². The van der Waals surface area contributed by atoms with Gasteiger partial charge >= 0.3 is 0 Å². The number of carbonyl (C=O) groups is 1. The van der Waals surface area contributed by atoms with Gasteiger partial charge in [0.15, 0.2) is 5.82 Å². The van der Waals surface area contributed by atoms with Crippen molar-refractivity contribution in [3.63, 3.8) is 0 Å². The van der Waals surface area contributed by atoms with E-state index >= 15 is 0 Å². The van der Waals surface area contributed by atoms with Crippen molar-refractivity contribution in [1.29, 1.82) is 0 Å². The lowest BCUT2D eigenvalue weighted by molar-refractivity contribution is -0.138. The molecule has 140 valence electrons. The number of amides is 1. The van der Waals surface area contributed by atoms with Crippen LogP contribution in [0, 0.1) is 0 Å². The quantitative estimate of drug-likeness (QED) is 0.841. The molecule has 1 N–H and O–H groups in total. The van der Waals surface area contributed by atoms with Gasteiger partial charge in [-0.2, -0.15) is 0 Å². The van der Waals surface area contributed by atoms with E-state index in [1.54, 1.807) is 22.8 Å². The molecule has 1 unspecified atom stereocenters. The zero-order chi connectivity index (χ0) is 18.6. The molecule has 0 bridgehead atoms. The third-order valence-electron chi connectivity index (χ3n) is 4.97. The Morgan fingerprint density at radius 1 is 1.35 bits per heavy atom. The van der Waals surface area contributed by atoms with Crippen LogP contribution in [0.25, 0.3) is 0 Å². The molecule has 7 nitrogen and oxygen atoms in total. The van der Waals surface area contributed by atoms with Gasteiger partial charge in [0.25, 0.3) is 0 Å². The average molecular weight is 357 g/mol. The maximum Gasteiger partial charge on any atom is 0.225 e. The van der Waals surface area contributed by atoms with Gasteiger partial charge in [0, 0.05) is 27.2 Å². The SMILES string of the molecule is CN(Cc1nncn1C)C(=O)CC1(O)CCCN(Cc2ccccc2)C1. The molecule has 0 aliphatic carbocycles. The number of likely N-dealkylation sites (tertiary alicyclic amines) is 1. The van der Waals surface area contributed by atoms with E-state index in [-0.39, 0.29) is 12.3 Å². The molecule has 1 aromatic heterocycles. The number of hydrogen-bond acceptors (Lipinski definition) is 5. The molecular formula is C19H27N5O2. The van der Waals surface area contributed by atoms with Crippen LogP contribution in [0.3, 0.4) is 0 Å². The van der Waals surface area contributed by atoms with Gasteiger partial charge in [-0.15, -0.1) is 10.2 Å². The van der Waals surface area contributed by atoms with Crippen LogP contribution in [0.1, 0.15) is 30.7 Å². The zero-order valence-electron chi connectivity index (χ0n) is 15.5. The molecular weight excluding hydrogens is 330 g/mol. The highest BCUT2D eigenvalue weighted by Gasteiger charge is 2.36. The minimum Gasteiger partial charge on any atom is -0.388 e. The minimum absolute atomic E-state index is 0.0722. The highest BCUT2D eigenvalue weighted by atomic mass is 16.3. The van der Waals surface area contributed by atoms with Crippen LogP contribution in [-0.2, 0) is 24.9 Å². The summed E-state index contributed by atoms with van der Waals surface area (Å²) in [5.41, 5.74) is 0.251. The Bertz CT molecular complexity index is 733. The van der Waals surface area contributed by atoms with Gasteiger partial charge in [-0.1, -0.05) is 30.3 Å². The fourth-order valence-electron chi connectivity index (χ4n) is 3.49. The molecule has 7 heteroatoms. The molecule has 1 atom stereocenters. The monoisotopic (exact) mass is 357 g/mol. The van der Waals surface area contributed by atoms with E-state index in [2.05, 4.69) is 27.2 Å². The summed E-state index contributed by atoms with van der Waals surface area (Å²) >= 11 is 0. The van der Waals surface area contributed by atoms with Crippen molar-refractivity contribution in [3.8, 4) is 0 Å². The normalized spacial score (nSPS) is 20.9. The van der Waals surface area contributed by atoms with E-state index in [0.717, 1.165) is 25.3 Å². The largest absolute Gasteiger partial charge is 0.388 e. The lowest BCUT2D eigenvalue weighted by atomic mass is 9.89. The third-order valence-corrected chi connectivity index (χ3v) is 4.97. The summed E-state index contributed by atoms with van der Waals surface area (Å²) in [5, 5.41) is 18.8. The first kappa shape index (κ1) is 18.5. The van der Waals surface area contributed by atoms with Gasteiger partial charge in [0.1, 0.15) is 6.33 Å². The van der Waals surface area contributed by atoms with Crippen molar-refractivity contribution in [2.24, 2.45) is 7.05 Å². The van der Waals surface area contributed by atoms with Crippen molar-refractivity contribution in [2.45, 2.75) is 38.0 Å². The molecule has 1 amide bonds. The van der Waals surface area contributed by atoms with Gasteiger partial charge in [-0.05, 0) is 24.9 Å². The second-order valence-corrected chi connectivity index (χ2v) is 7.31. The van der Waals surface area contributed by atoms with Gasteiger partial charge in [0.2, 0.25) is 5.91 Å². The Balaban J connectivity index is 1.57. The number of nitrogens with zero attached hydrogens (tertiary/aromatic N) is 5. The summed E-state index contributed by atoms with van der Waals surface area (Å²) in [6.07, 6.45) is 3.29. The Morgan fingerprint density at radius 3 is 2.81 bits per heavy atom. The number of benzene rings is 1. The topological polar surface area (TPSA) is 74.5 Å². The molecule has 1 aliphatic heterocycles. The maximum absolute atomic E-state index is 12.6. The number of β-amino-alcohol motifs (C(OH)–C–C–N with tert-alkyl or cyclic N) is 1. The standard InChI is InChI=1S/C19H27N5O2/c1-22(13-17-21-20-15-23(17)2)18(25)11-19(26)9-6-10-24(14-19)12-16-7-4-3-5-8-16/h3-5,7-8,15,26H,6,9-14H2,1-2H3. The molecule has 1 saturated heterocycles. The Kier molecular flexibility index (Phi) is 5.68. The molecule has 1 fully saturated rings. The highest BCUT2D eigenvalue weighted by Crippen LogP contribution is 2.26. The van der Waals surface area contributed by atoms with Crippen LogP contribution in [-0.4, -0.2) is 61.3 Å². The van der Waals surface area contributed by atoms with Gasteiger partial charge < -0.3 is 14.6 Å². The van der Waals surface area contributed by atoms with Crippen molar-refractivity contribution in [3.05, 3.63) is 48.0 Å². The van der Waals surface area contributed by atoms with Crippen molar-refractivity contribution >= 4 is 5.91 Å². The van der Waals surface area contributed by atoms with Crippen LogP contribution in [0.4, 0.5) is 0 Å². The Hall–Kier alpha value is -2.25. The maximum atomic E-state index is 12.6. The number of aromatic nitrogens is 3. The first-order valence-corrected chi connectivity index (χ1v) is 9.01. The second-order valence-electron chi connectivity index (χ2n) is 7.31. The number of aliphatic hydroxyl groups is 1. The smallest absolute Gasteiger partial charge is 0.225 e. The predicted octanol–water partition coefficient (Wildman–Crippen LogP) is 1.19. The Morgan fingerprint density at radius 2 is 2.12 bits per heavy atom. The summed E-state index contributed by atoms with van der Waals surface area (Å²) < 4.78 is 1.79. The molecule has 26 heavy (non-hydrogen) atoms. The third kappa shape index (κ3) is 4.68. The molecule has 0 saturated carbocycles. The summed E-state index contributed by atoms with van der Waals surface area (Å²) in [5.74, 6) is 0.652. The predicted molar refractivity (Wildman–Crippen MR) is 98.0 cm³/mol. The van der Waals surface area contributed by atoms with Crippen LogP contribution in [0.15, 0.2) is 36.7 Å². The van der Waals surface area contributed by atoms with E-state index in [0.29, 0.717) is 19.5 Å². The van der Waals surface area contributed by atoms with Crippen LogP contribution in [0.5, 0.6) is 0 Å². The lowest BCUT2D eigenvalue weighted by Gasteiger charge is -2.39. The van der Waals surface area contributed by atoms with Crippen molar-refractivity contribution < 1.29 is 9.90 Å². The number of piperidine rings is 1. The van der Waals surface area contributed by atoms with E-state index in [1.807, 2.05) is 25.2 Å². The summed E-state index contributed by atoms with van der Waals surface area (Å²) in [6, 6.07) is 10.2. The molecule has 1 aromatic carbocycles. The molecule has 1 aliphatic rings. The zero-order valence-corrected chi connectivity index (χ0v) is 15.5. The minimum atomic E-state index is -0.974. The van der Waals surface area contributed by atoms with E-state index in [9.17, 15) is 9.90 Å². The van der Waals surface area contributed by atoms with Crippen LogP contribution in [0.2, 0.25) is 0 Å². The average Bonchev–Trinajstić information content (AvgIpc) is 3.00. The van der Waals surface area contributed by atoms with Crippen LogP contribution < -0.4 is 0 Å². The highest BCUT2D eigenvalue weighted by molar-refractivity contribution is 5.77. The fraction of sp³-hybridized carbons (Fsp3) is 0.526. The fourth-order valence-corrected chi connectivity index (χ4v) is 3.49. The second kappa shape index (κ2) is 7.97. The van der Waals surface area contributed by atoms with E-state index in [4.69, 9.17) is 0 Å². The summed E-state index contributed by atoms with van der Waals surface area (Å²) in [4.78, 5) is 16.4. The molecule has 2 aromatic rings. The molecule has 0 spiro atoms. The molecule has 2 heterocycles. The van der Waals surface area contributed by atoms with E-state index in [1.165, 1.54) is 5.56 Å². The van der Waals surface area contributed by atoms with Crippen LogP contribution >= 0.6 is 0 Å². The number of rotatable bonds is 6. The number of carbonyl (C=O) groups excluding carboxylic acids is 1. The lowest BCUT2D eigenvalue weighted by Crippen LogP contribution is -2.50. The number of aryl methyl sites for hydroxylation is 1. The molecule has 3 rings (SSSR count).